The van der Waals surface area contributed by atoms with Gasteiger partial charge in [-0.15, -0.1) is 5.10 Å². The molecule has 0 atom stereocenters. The number of benzene rings is 2. The molecule has 0 saturated heterocycles. The number of tetrazole rings is 1. The Morgan fingerprint density at radius 2 is 1.85 bits per heavy atom. The molecular formula is C15H10F3N5O2S. The monoisotopic (exact) mass is 381 g/mol. The number of nitrogens with zero attached hydrogens (tertiary/aromatic N) is 5. The Morgan fingerprint density at radius 1 is 1.15 bits per heavy atom. The first-order valence-corrected chi connectivity index (χ1v) is 7.96. The van der Waals surface area contributed by atoms with Gasteiger partial charge >= 0.3 is 6.18 Å². The molecule has 0 fully saturated rings. The van der Waals surface area contributed by atoms with Crippen LogP contribution in [0.1, 0.15) is 11.1 Å². The average Bonchev–Trinajstić information content (AvgIpc) is 3.03. The highest BCUT2D eigenvalue weighted by atomic mass is 32.2. The van der Waals surface area contributed by atoms with Crippen LogP contribution >= 0.6 is 11.8 Å². The van der Waals surface area contributed by atoms with E-state index in [0.29, 0.717) is 11.8 Å². The molecule has 1 heterocycles. The van der Waals surface area contributed by atoms with Gasteiger partial charge in [-0.05, 0) is 53.4 Å². The Bertz CT molecular complexity index is 957. The van der Waals surface area contributed by atoms with Crippen molar-refractivity contribution in [2.24, 2.45) is 0 Å². The SMILES string of the molecule is Cc1ccc(-n2nnnc2Sc2ccc(C(F)(F)F)cc2[N+](=O)[O-])cc1. The van der Waals surface area contributed by atoms with Crippen molar-refractivity contribution in [2.75, 3.05) is 0 Å². The number of aryl methyl sites for hydroxylation is 1. The molecule has 0 spiro atoms. The number of nitro benzene ring substituents is 1. The van der Waals surface area contributed by atoms with Crippen molar-refractivity contribution in [2.45, 2.75) is 23.2 Å². The van der Waals surface area contributed by atoms with Crippen LogP contribution in [0.5, 0.6) is 0 Å². The zero-order valence-corrected chi connectivity index (χ0v) is 14.0. The smallest absolute Gasteiger partial charge is 0.258 e. The van der Waals surface area contributed by atoms with Gasteiger partial charge < -0.3 is 0 Å². The molecule has 0 amide bonds. The van der Waals surface area contributed by atoms with E-state index in [-0.39, 0.29) is 10.1 Å². The van der Waals surface area contributed by atoms with Crippen LogP contribution in [0, 0.1) is 17.0 Å². The summed E-state index contributed by atoms with van der Waals surface area (Å²) in [5.41, 5.74) is -0.109. The molecule has 0 bridgehead atoms. The van der Waals surface area contributed by atoms with Crippen molar-refractivity contribution in [3.05, 3.63) is 63.7 Å². The highest BCUT2D eigenvalue weighted by Crippen LogP contribution is 2.38. The second-order valence-electron chi connectivity index (χ2n) is 5.25. The molecule has 11 heteroatoms. The predicted octanol–water partition coefficient (Wildman–Crippen LogP) is 4.05. The van der Waals surface area contributed by atoms with E-state index in [1.54, 1.807) is 12.1 Å². The van der Waals surface area contributed by atoms with Crippen molar-refractivity contribution in [3.8, 4) is 5.69 Å². The van der Waals surface area contributed by atoms with Crippen LogP contribution < -0.4 is 0 Å². The molecular weight excluding hydrogens is 371 g/mol. The number of hydrogen-bond acceptors (Lipinski definition) is 6. The van der Waals surface area contributed by atoms with Crippen molar-refractivity contribution >= 4 is 17.4 Å². The third kappa shape index (κ3) is 3.67. The third-order valence-corrected chi connectivity index (χ3v) is 4.41. The van der Waals surface area contributed by atoms with Crippen molar-refractivity contribution in [1.82, 2.24) is 20.2 Å². The van der Waals surface area contributed by atoms with Crippen LogP contribution in [0.25, 0.3) is 5.69 Å². The summed E-state index contributed by atoms with van der Waals surface area (Å²) < 4.78 is 39.7. The van der Waals surface area contributed by atoms with Crippen LogP contribution in [-0.4, -0.2) is 25.1 Å². The first-order chi connectivity index (χ1) is 12.3. The summed E-state index contributed by atoms with van der Waals surface area (Å²) in [7, 11) is 0. The van der Waals surface area contributed by atoms with E-state index in [0.717, 1.165) is 29.5 Å². The fourth-order valence-corrected chi connectivity index (χ4v) is 2.99. The van der Waals surface area contributed by atoms with Gasteiger partial charge in [-0.3, -0.25) is 10.1 Å². The molecule has 0 radical (unpaired) electrons. The summed E-state index contributed by atoms with van der Waals surface area (Å²) in [6, 6.07) is 9.53. The zero-order chi connectivity index (χ0) is 18.9. The summed E-state index contributed by atoms with van der Waals surface area (Å²) in [6.45, 7) is 1.91. The molecule has 0 saturated carbocycles. The van der Waals surface area contributed by atoms with Crippen LogP contribution in [0.2, 0.25) is 0 Å². The Balaban J connectivity index is 1.99. The molecule has 26 heavy (non-hydrogen) atoms. The predicted molar refractivity (Wildman–Crippen MR) is 86.1 cm³/mol. The number of nitro groups is 1. The van der Waals surface area contributed by atoms with Crippen molar-refractivity contribution in [1.29, 1.82) is 0 Å². The lowest BCUT2D eigenvalue weighted by molar-refractivity contribution is -0.388. The number of aromatic nitrogens is 4. The maximum atomic E-state index is 12.8. The second kappa shape index (κ2) is 6.75. The number of alkyl halides is 3. The average molecular weight is 381 g/mol. The van der Waals surface area contributed by atoms with Crippen LogP contribution in [0.3, 0.4) is 0 Å². The van der Waals surface area contributed by atoms with Gasteiger partial charge in [-0.1, -0.05) is 17.7 Å². The molecule has 0 unspecified atom stereocenters. The first-order valence-electron chi connectivity index (χ1n) is 7.14. The molecule has 134 valence electrons. The largest absolute Gasteiger partial charge is 0.416 e. The Kier molecular flexibility index (Phi) is 4.64. The van der Waals surface area contributed by atoms with Crippen LogP contribution in [0.4, 0.5) is 18.9 Å². The van der Waals surface area contributed by atoms with Gasteiger partial charge in [0, 0.05) is 6.07 Å². The molecule has 3 rings (SSSR count). The lowest BCUT2D eigenvalue weighted by Crippen LogP contribution is -2.06. The highest BCUT2D eigenvalue weighted by molar-refractivity contribution is 7.99. The van der Waals surface area contributed by atoms with E-state index >= 15 is 0 Å². The van der Waals surface area contributed by atoms with E-state index in [4.69, 9.17) is 0 Å². The normalized spacial score (nSPS) is 11.5. The van der Waals surface area contributed by atoms with E-state index in [1.807, 2.05) is 19.1 Å². The lowest BCUT2D eigenvalue weighted by Gasteiger charge is -2.09. The molecule has 0 aliphatic rings. The van der Waals surface area contributed by atoms with Gasteiger partial charge in [0.1, 0.15) is 0 Å². The second-order valence-corrected chi connectivity index (χ2v) is 6.26. The maximum absolute atomic E-state index is 12.8. The quantitative estimate of drug-likeness (QED) is 0.501. The summed E-state index contributed by atoms with van der Waals surface area (Å²) in [4.78, 5) is 10.3. The molecule has 2 aromatic carbocycles. The highest BCUT2D eigenvalue weighted by Gasteiger charge is 2.33. The lowest BCUT2D eigenvalue weighted by atomic mass is 10.2. The zero-order valence-electron chi connectivity index (χ0n) is 13.1. The van der Waals surface area contributed by atoms with E-state index in [1.165, 1.54) is 4.68 Å². The van der Waals surface area contributed by atoms with Crippen molar-refractivity contribution in [3.63, 3.8) is 0 Å². The topological polar surface area (TPSA) is 86.7 Å². The number of rotatable bonds is 4. The van der Waals surface area contributed by atoms with E-state index < -0.39 is 22.4 Å². The van der Waals surface area contributed by atoms with Gasteiger partial charge in [0.15, 0.2) is 0 Å². The van der Waals surface area contributed by atoms with Gasteiger partial charge in [0.05, 0.1) is 21.1 Å². The summed E-state index contributed by atoms with van der Waals surface area (Å²) >= 11 is 0.812. The maximum Gasteiger partial charge on any atom is 0.416 e. The fourth-order valence-electron chi connectivity index (χ4n) is 2.11. The molecule has 3 aromatic rings. The number of halogens is 3. The third-order valence-electron chi connectivity index (χ3n) is 3.40. The minimum absolute atomic E-state index is 0.00571. The van der Waals surface area contributed by atoms with Gasteiger partial charge in [-0.2, -0.15) is 17.9 Å². The van der Waals surface area contributed by atoms with E-state index in [9.17, 15) is 23.3 Å². The molecule has 7 nitrogen and oxygen atoms in total. The minimum atomic E-state index is -4.67. The number of hydrogen-bond donors (Lipinski definition) is 0. The molecule has 0 N–H and O–H groups in total. The summed E-state index contributed by atoms with van der Waals surface area (Å²) in [5, 5.41) is 22.6. The Labute approximate surface area is 149 Å². The van der Waals surface area contributed by atoms with E-state index in [2.05, 4.69) is 15.5 Å². The fraction of sp³-hybridized carbons (Fsp3) is 0.133. The Hall–Kier alpha value is -2.95. The van der Waals surface area contributed by atoms with Gasteiger partial charge in [0.25, 0.3) is 5.69 Å². The molecule has 1 aromatic heterocycles. The minimum Gasteiger partial charge on any atom is -0.258 e. The van der Waals surface area contributed by atoms with Crippen molar-refractivity contribution < 1.29 is 18.1 Å². The summed E-state index contributed by atoms with van der Waals surface area (Å²) in [6.07, 6.45) is -4.67. The van der Waals surface area contributed by atoms with Gasteiger partial charge in [0.2, 0.25) is 5.16 Å². The summed E-state index contributed by atoms with van der Waals surface area (Å²) in [5.74, 6) is 0. The first kappa shape index (κ1) is 17.9. The Morgan fingerprint density at radius 3 is 2.46 bits per heavy atom. The van der Waals surface area contributed by atoms with Gasteiger partial charge in [-0.25, -0.2) is 0 Å². The van der Waals surface area contributed by atoms with Crippen LogP contribution in [-0.2, 0) is 6.18 Å². The standard InChI is InChI=1S/C15H10F3N5O2S/c1-9-2-5-11(6-3-9)22-14(19-20-21-22)26-13-7-4-10(15(16,17)18)8-12(13)23(24)25/h2-8H,1H3. The van der Waals surface area contributed by atoms with Crippen LogP contribution in [0.15, 0.2) is 52.5 Å². The molecule has 0 aliphatic carbocycles. The molecule has 0 aliphatic heterocycles.